The van der Waals surface area contributed by atoms with Crippen LogP contribution in [0.25, 0.3) is 0 Å². The Kier molecular flexibility index (Phi) is 6.37. The summed E-state index contributed by atoms with van der Waals surface area (Å²) in [5.74, 6) is -0.503. The summed E-state index contributed by atoms with van der Waals surface area (Å²) in [6.45, 7) is 0.348. The largest absolute Gasteiger partial charge is 0.355 e. The van der Waals surface area contributed by atoms with Gasteiger partial charge in [-0.3, -0.25) is 14.4 Å². The molecular weight excluding hydrogens is 366 g/mol. The molecule has 1 atom stereocenters. The predicted molar refractivity (Wildman–Crippen MR) is 105 cm³/mol. The molecule has 2 N–H and O–H groups in total. The van der Waals surface area contributed by atoms with Gasteiger partial charge >= 0.3 is 0 Å². The molecule has 1 saturated heterocycles. The van der Waals surface area contributed by atoms with Gasteiger partial charge < -0.3 is 15.5 Å². The number of amides is 3. The zero-order valence-corrected chi connectivity index (χ0v) is 16.3. The summed E-state index contributed by atoms with van der Waals surface area (Å²) < 4.78 is 0. The fraction of sp³-hybridized carbons (Fsp3) is 0.550. The molecule has 0 aromatic heterocycles. The van der Waals surface area contributed by atoms with E-state index in [1.165, 1.54) is 6.42 Å². The van der Waals surface area contributed by atoms with Crippen molar-refractivity contribution in [3.63, 3.8) is 0 Å². The van der Waals surface area contributed by atoms with Crippen LogP contribution in [0.1, 0.15) is 55.3 Å². The summed E-state index contributed by atoms with van der Waals surface area (Å²) >= 11 is 6.34. The molecular formula is C20H26ClN3O3. The highest BCUT2D eigenvalue weighted by molar-refractivity contribution is 6.34. The molecule has 1 aliphatic carbocycles. The third kappa shape index (κ3) is 4.80. The summed E-state index contributed by atoms with van der Waals surface area (Å²) in [4.78, 5) is 38.1. The Morgan fingerprint density at radius 1 is 1.19 bits per heavy atom. The van der Waals surface area contributed by atoms with Crippen LogP contribution in [-0.2, 0) is 9.59 Å². The maximum Gasteiger partial charge on any atom is 0.255 e. The zero-order chi connectivity index (χ0) is 19.4. The monoisotopic (exact) mass is 391 g/mol. The molecule has 2 aliphatic rings. The highest BCUT2D eigenvalue weighted by Crippen LogP contribution is 2.27. The number of carbonyl (C=O) groups is 3. The molecule has 3 amide bonds. The van der Waals surface area contributed by atoms with E-state index in [2.05, 4.69) is 10.6 Å². The van der Waals surface area contributed by atoms with Crippen LogP contribution >= 0.6 is 11.6 Å². The zero-order valence-electron chi connectivity index (χ0n) is 15.6. The van der Waals surface area contributed by atoms with E-state index in [-0.39, 0.29) is 29.7 Å². The number of nitrogens with one attached hydrogen (secondary N) is 2. The number of halogens is 1. The quantitative estimate of drug-likeness (QED) is 0.827. The highest BCUT2D eigenvalue weighted by atomic mass is 35.5. The van der Waals surface area contributed by atoms with Gasteiger partial charge in [-0.1, -0.05) is 30.9 Å². The van der Waals surface area contributed by atoms with Crippen molar-refractivity contribution >= 4 is 35.0 Å². The Balaban J connectivity index is 1.63. The van der Waals surface area contributed by atoms with Crippen LogP contribution < -0.4 is 10.6 Å². The van der Waals surface area contributed by atoms with Crippen LogP contribution in [0.15, 0.2) is 18.2 Å². The Morgan fingerprint density at radius 3 is 2.56 bits per heavy atom. The van der Waals surface area contributed by atoms with Gasteiger partial charge in [-0.25, -0.2) is 0 Å². The minimum Gasteiger partial charge on any atom is -0.355 e. The molecule has 3 rings (SSSR count). The molecule has 27 heavy (non-hydrogen) atoms. The van der Waals surface area contributed by atoms with Crippen LogP contribution in [-0.4, -0.2) is 42.3 Å². The van der Waals surface area contributed by atoms with Gasteiger partial charge in [0.2, 0.25) is 11.8 Å². The van der Waals surface area contributed by atoms with Gasteiger partial charge in [-0.05, 0) is 37.5 Å². The summed E-state index contributed by atoms with van der Waals surface area (Å²) in [7, 11) is 1.84. The van der Waals surface area contributed by atoms with Crippen LogP contribution in [0.5, 0.6) is 0 Å². The lowest BCUT2D eigenvalue weighted by Crippen LogP contribution is -2.40. The molecule has 1 aromatic rings. The van der Waals surface area contributed by atoms with E-state index in [9.17, 15) is 14.4 Å². The van der Waals surface area contributed by atoms with E-state index in [0.29, 0.717) is 35.7 Å². The summed E-state index contributed by atoms with van der Waals surface area (Å²) in [5.41, 5.74) is 1.01. The Morgan fingerprint density at radius 2 is 1.93 bits per heavy atom. The predicted octanol–water partition coefficient (Wildman–Crippen LogP) is 3.21. The smallest absolute Gasteiger partial charge is 0.255 e. The minimum atomic E-state index is -0.250. The lowest BCUT2D eigenvalue weighted by molar-refractivity contribution is -0.126. The van der Waals surface area contributed by atoms with Gasteiger partial charge in [0.15, 0.2) is 0 Å². The fourth-order valence-corrected chi connectivity index (χ4v) is 4.05. The van der Waals surface area contributed by atoms with Crippen molar-refractivity contribution in [3.8, 4) is 0 Å². The van der Waals surface area contributed by atoms with E-state index in [4.69, 9.17) is 11.6 Å². The van der Waals surface area contributed by atoms with Gasteiger partial charge in [0.25, 0.3) is 5.91 Å². The van der Waals surface area contributed by atoms with E-state index < -0.39 is 0 Å². The first-order chi connectivity index (χ1) is 13.0. The van der Waals surface area contributed by atoms with Crippen molar-refractivity contribution in [2.24, 2.45) is 5.92 Å². The van der Waals surface area contributed by atoms with Gasteiger partial charge in [-0.2, -0.15) is 0 Å². The van der Waals surface area contributed by atoms with Gasteiger partial charge in [0.05, 0.1) is 16.5 Å². The summed E-state index contributed by atoms with van der Waals surface area (Å²) in [6, 6.07) is 5.25. The first-order valence-corrected chi connectivity index (χ1v) is 9.98. The van der Waals surface area contributed by atoms with E-state index in [1.54, 1.807) is 23.1 Å². The number of rotatable bonds is 4. The second-order valence-corrected chi connectivity index (χ2v) is 7.84. The molecule has 0 spiro atoms. The van der Waals surface area contributed by atoms with Crippen LogP contribution in [0.3, 0.4) is 0 Å². The van der Waals surface area contributed by atoms with Crippen molar-refractivity contribution in [1.29, 1.82) is 0 Å². The van der Waals surface area contributed by atoms with Crippen LogP contribution in [0, 0.1) is 5.92 Å². The van der Waals surface area contributed by atoms with Crippen molar-refractivity contribution in [2.45, 2.75) is 51.0 Å². The first kappa shape index (κ1) is 19.7. The molecule has 0 unspecified atom stereocenters. The Hall–Kier alpha value is -2.08. The standard InChI is InChI=1S/C20H26ClN3O3/c1-24(15-5-3-2-4-6-15)20(27)16-9-8-14(11-17(16)21)23-19(26)13-7-10-18(25)22-12-13/h8-9,11,13,15H,2-7,10,12H2,1H3,(H,22,25)(H,23,26)/t13-/m0/s1. The number of hydrogen-bond donors (Lipinski definition) is 2. The molecule has 1 heterocycles. The molecule has 1 saturated carbocycles. The topological polar surface area (TPSA) is 78.5 Å². The van der Waals surface area contributed by atoms with E-state index in [1.807, 2.05) is 7.05 Å². The normalized spacial score (nSPS) is 20.7. The van der Waals surface area contributed by atoms with E-state index >= 15 is 0 Å². The minimum absolute atomic E-state index is 0.0213. The van der Waals surface area contributed by atoms with Crippen molar-refractivity contribution in [3.05, 3.63) is 28.8 Å². The van der Waals surface area contributed by atoms with Crippen molar-refractivity contribution in [1.82, 2.24) is 10.2 Å². The lowest BCUT2D eigenvalue weighted by Gasteiger charge is -2.31. The molecule has 0 radical (unpaired) electrons. The number of benzene rings is 1. The highest BCUT2D eigenvalue weighted by Gasteiger charge is 2.26. The molecule has 146 valence electrons. The first-order valence-electron chi connectivity index (χ1n) is 9.60. The molecule has 6 nitrogen and oxygen atoms in total. The third-order valence-corrected chi connectivity index (χ3v) is 5.86. The summed E-state index contributed by atoms with van der Waals surface area (Å²) in [6.07, 6.45) is 6.51. The average Bonchev–Trinajstić information content (AvgIpc) is 2.68. The Bertz CT molecular complexity index is 721. The molecule has 1 aliphatic heterocycles. The van der Waals surface area contributed by atoms with Gasteiger partial charge in [-0.15, -0.1) is 0 Å². The van der Waals surface area contributed by atoms with E-state index in [0.717, 1.165) is 25.7 Å². The number of piperidine rings is 1. The van der Waals surface area contributed by atoms with Crippen LogP contribution in [0.2, 0.25) is 5.02 Å². The maximum absolute atomic E-state index is 12.8. The third-order valence-electron chi connectivity index (χ3n) is 5.55. The van der Waals surface area contributed by atoms with Crippen molar-refractivity contribution < 1.29 is 14.4 Å². The number of nitrogens with zero attached hydrogens (tertiary/aromatic N) is 1. The molecule has 0 bridgehead atoms. The second-order valence-electron chi connectivity index (χ2n) is 7.43. The number of anilines is 1. The van der Waals surface area contributed by atoms with Crippen LogP contribution in [0.4, 0.5) is 5.69 Å². The summed E-state index contributed by atoms with van der Waals surface area (Å²) in [5, 5.41) is 5.86. The SMILES string of the molecule is CN(C(=O)c1ccc(NC(=O)[C@H]2CCC(=O)NC2)cc1Cl)C1CCCCC1. The maximum atomic E-state index is 12.8. The second kappa shape index (κ2) is 8.74. The lowest BCUT2D eigenvalue weighted by atomic mass is 9.94. The van der Waals surface area contributed by atoms with Crippen molar-refractivity contribution in [2.75, 3.05) is 18.9 Å². The number of hydrogen-bond acceptors (Lipinski definition) is 3. The van der Waals surface area contributed by atoms with Gasteiger partial charge in [0.1, 0.15) is 0 Å². The molecule has 1 aromatic carbocycles. The molecule has 7 heteroatoms. The fourth-order valence-electron chi connectivity index (χ4n) is 3.79. The average molecular weight is 392 g/mol. The van der Waals surface area contributed by atoms with Gasteiger partial charge in [0, 0.05) is 31.7 Å². The number of carbonyl (C=O) groups excluding carboxylic acids is 3. The molecule has 2 fully saturated rings. The Labute approximate surface area is 164 Å².